The Morgan fingerprint density at radius 3 is 2.58 bits per heavy atom. The van der Waals surface area contributed by atoms with Crippen LogP contribution >= 0.6 is 0 Å². The van der Waals surface area contributed by atoms with Crippen LogP contribution in [0.15, 0.2) is 42.7 Å². The van der Waals surface area contributed by atoms with E-state index < -0.39 is 11.5 Å². The first-order valence-electron chi connectivity index (χ1n) is 6.37. The standard InChI is InChI=1S/C15H18N2O2/c1-3-15(2,9-14(18)19)17-11-13(10-16-17)12-7-5-4-6-8-12/h4-8,10-11H,3,9H2,1-2H3,(H,18,19). The van der Waals surface area contributed by atoms with Crippen LogP contribution in [0.2, 0.25) is 0 Å². The minimum Gasteiger partial charge on any atom is -0.481 e. The van der Waals surface area contributed by atoms with Gasteiger partial charge in [0.2, 0.25) is 0 Å². The van der Waals surface area contributed by atoms with Crippen molar-refractivity contribution in [2.75, 3.05) is 0 Å². The first-order chi connectivity index (χ1) is 9.05. The lowest BCUT2D eigenvalue weighted by Gasteiger charge is -2.26. The fourth-order valence-electron chi connectivity index (χ4n) is 2.09. The zero-order valence-corrected chi connectivity index (χ0v) is 11.2. The summed E-state index contributed by atoms with van der Waals surface area (Å²) in [5, 5.41) is 13.4. The molecule has 1 unspecified atom stereocenters. The van der Waals surface area contributed by atoms with Gasteiger partial charge < -0.3 is 5.11 Å². The van der Waals surface area contributed by atoms with Crippen LogP contribution in [0.4, 0.5) is 0 Å². The van der Waals surface area contributed by atoms with Gasteiger partial charge >= 0.3 is 5.97 Å². The van der Waals surface area contributed by atoms with E-state index in [0.29, 0.717) is 0 Å². The normalized spacial score (nSPS) is 14.0. The predicted molar refractivity (Wildman–Crippen MR) is 73.9 cm³/mol. The number of carboxylic acids is 1. The molecule has 1 heterocycles. The van der Waals surface area contributed by atoms with Crippen molar-refractivity contribution in [2.24, 2.45) is 0 Å². The molecule has 0 fully saturated rings. The summed E-state index contributed by atoms with van der Waals surface area (Å²) in [6.07, 6.45) is 4.49. The second kappa shape index (κ2) is 5.26. The number of rotatable bonds is 5. The predicted octanol–water partition coefficient (Wildman–Crippen LogP) is 3.15. The summed E-state index contributed by atoms with van der Waals surface area (Å²) in [6, 6.07) is 9.95. The largest absolute Gasteiger partial charge is 0.481 e. The topological polar surface area (TPSA) is 55.1 Å². The highest BCUT2D eigenvalue weighted by Crippen LogP contribution is 2.27. The molecule has 1 aromatic heterocycles. The molecule has 0 aliphatic carbocycles. The van der Waals surface area contributed by atoms with Crippen molar-refractivity contribution in [3.63, 3.8) is 0 Å². The quantitative estimate of drug-likeness (QED) is 0.896. The highest BCUT2D eigenvalue weighted by atomic mass is 16.4. The molecule has 2 aromatic rings. The van der Waals surface area contributed by atoms with Gasteiger partial charge in [-0.3, -0.25) is 9.48 Å². The fourth-order valence-corrected chi connectivity index (χ4v) is 2.09. The van der Waals surface area contributed by atoms with Gasteiger partial charge in [0.05, 0.1) is 18.2 Å². The summed E-state index contributed by atoms with van der Waals surface area (Å²) in [5.74, 6) is -0.805. The fraction of sp³-hybridized carbons (Fsp3) is 0.333. The Hall–Kier alpha value is -2.10. The van der Waals surface area contributed by atoms with Crippen LogP contribution in [0.1, 0.15) is 26.7 Å². The Morgan fingerprint density at radius 2 is 2.00 bits per heavy atom. The Balaban J connectivity index is 2.32. The van der Waals surface area contributed by atoms with E-state index in [1.165, 1.54) is 0 Å². The van der Waals surface area contributed by atoms with Crippen LogP contribution in [0.3, 0.4) is 0 Å². The molecule has 0 saturated carbocycles. The summed E-state index contributed by atoms with van der Waals surface area (Å²) in [4.78, 5) is 11.0. The zero-order chi connectivity index (χ0) is 13.9. The maximum atomic E-state index is 11.0. The molecule has 2 rings (SSSR count). The highest BCUT2D eigenvalue weighted by molar-refractivity contribution is 5.68. The maximum absolute atomic E-state index is 11.0. The number of carboxylic acid groups (broad SMARTS) is 1. The Morgan fingerprint density at radius 1 is 1.32 bits per heavy atom. The molecule has 0 bridgehead atoms. The molecule has 1 atom stereocenters. The van der Waals surface area contributed by atoms with Crippen molar-refractivity contribution < 1.29 is 9.90 Å². The number of aliphatic carboxylic acids is 1. The number of hydrogen-bond donors (Lipinski definition) is 1. The van der Waals surface area contributed by atoms with Crippen LogP contribution in [0.5, 0.6) is 0 Å². The molecule has 0 aliphatic rings. The van der Waals surface area contributed by atoms with E-state index in [9.17, 15) is 4.79 Å². The lowest BCUT2D eigenvalue weighted by Crippen LogP contribution is -2.32. The van der Waals surface area contributed by atoms with Crippen molar-refractivity contribution in [1.82, 2.24) is 9.78 Å². The van der Waals surface area contributed by atoms with E-state index >= 15 is 0 Å². The van der Waals surface area contributed by atoms with Gasteiger partial charge in [0.25, 0.3) is 0 Å². The van der Waals surface area contributed by atoms with Crippen LogP contribution in [-0.2, 0) is 10.3 Å². The summed E-state index contributed by atoms with van der Waals surface area (Å²) in [5.41, 5.74) is 1.60. The SMILES string of the molecule is CCC(C)(CC(=O)O)n1cc(-c2ccccc2)cn1. The molecule has 0 aliphatic heterocycles. The van der Waals surface area contributed by atoms with E-state index in [4.69, 9.17) is 5.11 Å². The maximum Gasteiger partial charge on any atom is 0.305 e. The van der Waals surface area contributed by atoms with Gasteiger partial charge in [0.1, 0.15) is 0 Å². The van der Waals surface area contributed by atoms with Gasteiger partial charge in [-0.15, -0.1) is 0 Å². The second-order valence-corrected chi connectivity index (χ2v) is 4.96. The lowest BCUT2D eigenvalue weighted by atomic mass is 9.95. The van der Waals surface area contributed by atoms with Gasteiger partial charge in [-0.05, 0) is 18.9 Å². The van der Waals surface area contributed by atoms with E-state index in [1.807, 2.05) is 50.4 Å². The molecule has 4 nitrogen and oxygen atoms in total. The van der Waals surface area contributed by atoms with E-state index in [-0.39, 0.29) is 6.42 Å². The Labute approximate surface area is 112 Å². The van der Waals surface area contributed by atoms with E-state index in [0.717, 1.165) is 17.5 Å². The highest BCUT2D eigenvalue weighted by Gasteiger charge is 2.28. The average molecular weight is 258 g/mol. The van der Waals surface area contributed by atoms with Crippen molar-refractivity contribution in [1.29, 1.82) is 0 Å². The number of carbonyl (C=O) groups is 1. The van der Waals surface area contributed by atoms with Crippen LogP contribution < -0.4 is 0 Å². The third kappa shape index (κ3) is 2.84. The Bertz CT molecular complexity index is 563. The number of benzene rings is 1. The minimum atomic E-state index is -0.805. The van der Waals surface area contributed by atoms with Crippen molar-refractivity contribution in [2.45, 2.75) is 32.2 Å². The molecular formula is C15H18N2O2. The lowest BCUT2D eigenvalue weighted by molar-refractivity contribution is -0.139. The molecule has 0 amide bonds. The number of nitrogens with zero attached hydrogens (tertiary/aromatic N) is 2. The first-order valence-corrected chi connectivity index (χ1v) is 6.37. The van der Waals surface area contributed by atoms with Gasteiger partial charge in [-0.1, -0.05) is 37.3 Å². The first kappa shape index (κ1) is 13.3. The summed E-state index contributed by atoms with van der Waals surface area (Å²) < 4.78 is 1.77. The molecule has 0 saturated heterocycles. The van der Waals surface area contributed by atoms with Crippen molar-refractivity contribution >= 4 is 5.97 Å². The molecule has 0 spiro atoms. The molecule has 1 aromatic carbocycles. The number of hydrogen-bond acceptors (Lipinski definition) is 2. The van der Waals surface area contributed by atoms with E-state index in [2.05, 4.69) is 5.10 Å². The summed E-state index contributed by atoms with van der Waals surface area (Å²) in [6.45, 7) is 3.90. The summed E-state index contributed by atoms with van der Waals surface area (Å²) in [7, 11) is 0. The smallest absolute Gasteiger partial charge is 0.305 e. The third-order valence-electron chi connectivity index (χ3n) is 3.54. The second-order valence-electron chi connectivity index (χ2n) is 4.96. The van der Waals surface area contributed by atoms with Crippen molar-refractivity contribution in [3.05, 3.63) is 42.7 Å². The molecular weight excluding hydrogens is 240 g/mol. The van der Waals surface area contributed by atoms with E-state index in [1.54, 1.807) is 10.9 Å². The van der Waals surface area contributed by atoms with Crippen molar-refractivity contribution in [3.8, 4) is 11.1 Å². The van der Waals surface area contributed by atoms with Crippen LogP contribution in [0, 0.1) is 0 Å². The van der Waals surface area contributed by atoms with Crippen LogP contribution in [-0.4, -0.2) is 20.9 Å². The summed E-state index contributed by atoms with van der Waals surface area (Å²) >= 11 is 0. The molecule has 1 N–H and O–H groups in total. The van der Waals surface area contributed by atoms with Crippen LogP contribution in [0.25, 0.3) is 11.1 Å². The number of aromatic nitrogens is 2. The minimum absolute atomic E-state index is 0.0689. The molecule has 100 valence electrons. The Kier molecular flexibility index (Phi) is 3.69. The third-order valence-corrected chi connectivity index (χ3v) is 3.54. The monoisotopic (exact) mass is 258 g/mol. The van der Waals surface area contributed by atoms with Gasteiger partial charge in [0.15, 0.2) is 0 Å². The molecule has 19 heavy (non-hydrogen) atoms. The molecule has 0 radical (unpaired) electrons. The zero-order valence-electron chi connectivity index (χ0n) is 11.2. The molecule has 4 heteroatoms. The van der Waals surface area contributed by atoms with Gasteiger partial charge in [-0.25, -0.2) is 0 Å². The van der Waals surface area contributed by atoms with Gasteiger partial charge in [0, 0.05) is 11.8 Å². The average Bonchev–Trinajstić information content (AvgIpc) is 2.89. The van der Waals surface area contributed by atoms with Gasteiger partial charge in [-0.2, -0.15) is 5.10 Å².